The van der Waals surface area contributed by atoms with E-state index in [9.17, 15) is 4.79 Å². The Balaban J connectivity index is 1.74. The number of nitrogens with one attached hydrogen (secondary N) is 2. The van der Waals surface area contributed by atoms with Gasteiger partial charge >= 0.3 is 0 Å². The maximum absolute atomic E-state index is 11.9. The van der Waals surface area contributed by atoms with Crippen molar-refractivity contribution in [3.8, 4) is 0 Å². The van der Waals surface area contributed by atoms with E-state index >= 15 is 0 Å². The molecular weight excluding hydrogens is 248 g/mol. The second kappa shape index (κ2) is 4.53. The average molecular weight is 262 g/mol. The van der Waals surface area contributed by atoms with Gasteiger partial charge in [0.2, 0.25) is 5.91 Å². The lowest BCUT2D eigenvalue weighted by Gasteiger charge is -2.14. The third kappa shape index (κ3) is 2.28. The predicted octanol–water partition coefficient (Wildman–Crippen LogP) is 1.77. The van der Waals surface area contributed by atoms with Crippen molar-refractivity contribution in [3.05, 3.63) is 17.8 Å². The summed E-state index contributed by atoms with van der Waals surface area (Å²) in [6, 6.07) is 2.06. The van der Waals surface area contributed by atoms with Crippen molar-refractivity contribution in [2.24, 2.45) is 0 Å². The molecule has 1 unspecified atom stereocenters. The molecule has 2 aromatic heterocycles. The van der Waals surface area contributed by atoms with E-state index in [2.05, 4.69) is 20.6 Å². The zero-order chi connectivity index (χ0) is 12.5. The van der Waals surface area contributed by atoms with Crippen LogP contribution in [-0.4, -0.2) is 28.0 Å². The Hall–Kier alpha value is -1.69. The van der Waals surface area contributed by atoms with Crippen LogP contribution in [0.1, 0.15) is 19.8 Å². The van der Waals surface area contributed by atoms with Crippen LogP contribution in [0.4, 0.5) is 5.82 Å². The molecule has 0 bridgehead atoms. The number of thiophene rings is 1. The third-order valence-corrected chi connectivity index (χ3v) is 3.75. The zero-order valence-electron chi connectivity index (χ0n) is 10.0. The first-order valence-corrected chi connectivity index (χ1v) is 6.87. The van der Waals surface area contributed by atoms with Crippen LogP contribution in [0.25, 0.3) is 10.2 Å². The van der Waals surface area contributed by atoms with Gasteiger partial charge in [0.05, 0.1) is 5.39 Å². The van der Waals surface area contributed by atoms with Gasteiger partial charge < -0.3 is 10.6 Å². The first-order valence-electron chi connectivity index (χ1n) is 5.99. The number of aromatic nitrogens is 2. The summed E-state index contributed by atoms with van der Waals surface area (Å²) in [5.74, 6) is 0.749. The molecule has 18 heavy (non-hydrogen) atoms. The van der Waals surface area contributed by atoms with Crippen molar-refractivity contribution in [3.63, 3.8) is 0 Å². The molecule has 0 aliphatic heterocycles. The number of fused-ring (bicyclic) bond motifs is 1. The summed E-state index contributed by atoms with van der Waals surface area (Å²) in [5.41, 5.74) is 0. The zero-order valence-corrected chi connectivity index (χ0v) is 10.8. The van der Waals surface area contributed by atoms with E-state index < -0.39 is 0 Å². The number of carbonyl (C=O) groups excluding carboxylic acids is 1. The quantitative estimate of drug-likeness (QED) is 0.881. The summed E-state index contributed by atoms with van der Waals surface area (Å²) >= 11 is 1.57. The average Bonchev–Trinajstić information content (AvgIpc) is 3.04. The van der Waals surface area contributed by atoms with Crippen molar-refractivity contribution >= 4 is 33.3 Å². The largest absolute Gasteiger partial charge is 0.358 e. The number of hydrogen-bond donors (Lipinski definition) is 2. The maximum Gasteiger partial charge on any atom is 0.242 e. The molecule has 2 aromatic rings. The Morgan fingerprint density at radius 1 is 1.50 bits per heavy atom. The van der Waals surface area contributed by atoms with Crippen LogP contribution in [0.3, 0.4) is 0 Å². The first kappa shape index (κ1) is 11.4. The van der Waals surface area contributed by atoms with Crippen molar-refractivity contribution in [1.29, 1.82) is 0 Å². The minimum absolute atomic E-state index is 0.0273. The fourth-order valence-corrected chi connectivity index (χ4v) is 2.46. The molecule has 1 saturated carbocycles. The van der Waals surface area contributed by atoms with E-state index in [1.807, 2.05) is 18.4 Å². The molecule has 1 atom stereocenters. The van der Waals surface area contributed by atoms with Crippen LogP contribution in [0.2, 0.25) is 0 Å². The van der Waals surface area contributed by atoms with Crippen molar-refractivity contribution < 1.29 is 4.79 Å². The normalized spacial score (nSPS) is 16.5. The smallest absolute Gasteiger partial charge is 0.242 e. The minimum atomic E-state index is -0.288. The Morgan fingerprint density at radius 3 is 3.11 bits per heavy atom. The van der Waals surface area contributed by atoms with E-state index in [4.69, 9.17) is 0 Å². The van der Waals surface area contributed by atoms with Crippen LogP contribution < -0.4 is 10.6 Å². The van der Waals surface area contributed by atoms with Crippen LogP contribution in [0.5, 0.6) is 0 Å². The fraction of sp³-hybridized carbons (Fsp3) is 0.417. The monoisotopic (exact) mass is 262 g/mol. The lowest BCUT2D eigenvalue weighted by molar-refractivity contribution is -0.121. The van der Waals surface area contributed by atoms with E-state index in [0.29, 0.717) is 6.04 Å². The van der Waals surface area contributed by atoms with E-state index in [-0.39, 0.29) is 11.9 Å². The predicted molar refractivity (Wildman–Crippen MR) is 71.7 cm³/mol. The molecule has 1 amide bonds. The molecule has 6 heteroatoms. The molecule has 1 fully saturated rings. The van der Waals surface area contributed by atoms with Crippen LogP contribution in [0.15, 0.2) is 17.8 Å². The summed E-state index contributed by atoms with van der Waals surface area (Å²) in [6.45, 7) is 1.85. The van der Waals surface area contributed by atoms with Gasteiger partial charge in [-0.25, -0.2) is 9.97 Å². The Labute approximate surface area is 109 Å². The van der Waals surface area contributed by atoms with Gasteiger partial charge in [-0.05, 0) is 31.2 Å². The number of anilines is 1. The molecule has 0 aromatic carbocycles. The van der Waals surface area contributed by atoms with E-state index in [1.54, 1.807) is 11.3 Å². The molecule has 0 radical (unpaired) electrons. The number of rotatable bonds is 4. The topological polar surface area (TPSA) is 66.9 Å². The molecule has 1 aliphatic rings. The van der Waals surface area contributed by atoms with Gasteiger partial charge in [-0.2, -0.15) is 0 Å². The maximum atomic E-state index is 11.9. The van der Waals surface area contributed by atoms with E-state index in [0.717, 1.165) is 28.9 Å². The summed E-state index contributed by atoms with van der Waals surface area (Å²) in [7, 11) is 0. The van der Waals surface area contributed by atoms with E-state index in [1.165, 1.54) is 6.33 Å². The van der Waals surface area contributed by atoms with Gasteiger partial charge in [-0.1, -0.05) is 0 Å². The van der Waals surface area contributed by atoms with Gasteiger partial charge in [0.25, 0.3) is 0 Å². The van der Waals surface area contributed by atoms with Gasteiger partial charge in [0.15, 0.2) is 0 Å². The highest BCUT2D eigenvalue weighted by Crippen LogP contribution is 2.24. The number of nitrogens with zero attached hydrogens (tertiary/aromatic N) is 2. The molecular formula is C12H14N4OS. The van der Waals surface area contributed by atoms with Crippen LogP contribution in [-0.2, 0) is 4.79 Å². The highest BCUT2D eigenvalue weighted by molar-refractivity contribution is 7.16. The fourth-order valence-electron chi connectivity index (χ4n) is 1.73. The molecule has 0 saturated heterocycles. The SMILES string of the molecule is CC(Nc1ncnc2sccc12)C(=O)NC1CC1. The molecule has 3 rings (SSSR count). The second-order valence-electron chi connectivity index (χ2n) is 4.51. The minimum Gasteiger partial charge on any atom is -0.358 e. The summed E-state index contributed by atoms with van der Waals surface area (Å²) in [6.07, 6.45) is 3.72. The second-order valence-corrected chi connectivity index (χ2v) is 5.41. The number of amides is 1. The van der Waals surface area contributed by atoms with Gasteiger partial charge in [0, 0.05) is 6.04 Å². The molecule has 0 spiro atoms. The number of hydrogen-bond acceptors (Lipinski definition) is 5. The number of carbonyl (C=O) groups is 1. The van der Waals surface area contributed by atoms with Gasteiger partial charge in [0.1, 0.15) is 23.0 Å². The lowest BCUT2D eigenvalue weighted by atomic mass is 10.3. The Kier molecular flexibility index (Phi) is 2.87. The highest BCUT2D eigenvalue weighted by atomic mass is 32.1. The Bertz CT molecular complexity index is 578. The highest BCUT2D eigenvalue weighted by Gasteiger charge is 2.25. The molecule has 2 N–H and O–H groups in total. The lowest BCUT2D eigenvalue weighted by Crippen LogP contribution is -2.38. The first-order chi connectivity index (χ1) is 8.74. The summed E-state index contributed by atoms with van der Waals surface area (Å²) in [5, 5.41) is 9.06. The molecule has 1 aliphatic carbocycles. The molecule has 5 nitrogen and oxygen atoms in total. The summed E-state index contributed by atoms with van der Waals surface area (Å²) in [4.78, 5) is 21.2. The van der Waals surface area contributed by atoms with Gasteiger partial charge in [-0.15, -0.1) is 11.3 Å². The Morgan fingerprint density at radius 2 is 2.33 bits per heavy atom. The molecule has 94 valence electrons. The third-order valence-electron chi connectivity index (χ3n) is 2.93. The van der Waals surface area contributed by atoms with Crippen LogP contribution >= 0.6 is 11.3 Å². The van der Waals surface area contributed by atoms with Crippen LogP contribution in [0, 0.1) is 0 Å². The van der Waals surface area contributed by atoms with Crippen molar-refractivity contribution in [1.82, 2.24) is 15.3 Å². The standard InChI is InChI=1S/C12H14N4OS/c1-7(11(17)16-8-2-3-8)15-10-9-4-5-18-12(9)14-6-13-10/h4-8H,2-3H2,1H3,(H,16,17)(H,13,14,15). The molecule has 2 heterocycles. The summed E-state index contributed by atoms with van der Waals surface area (Å²) < 4.78 is 0. The van der Waals surface area contributed by atoms with Crippen molar-refractivity contribution in [2.45, 2.75) is 31.8 Å². The van der Waals surface area contributed by atoms with Crippen molar-refractivity contribution in [2.75, 3.05) is 5.32 Å². The van der Waals surface area contributed by atoms with Gasteiger partial charge in [-0.3, -0.25) is 4.79 Å².